The minimum atomic E-state index is -0.963. The molecule has 8 heteroatoms. The van der Waals surface area contributed by atoms with E-state index in [1.807, 2.05) is 0 Å². The Morgan fingerprint density at radius 2 is 1.89 bits per heavy atom. The van der Waals surface area contributed by atoms with Gasteiger partial charge in [0.25, 0.3) is 11.7 Å². The lowest BCUT2D eigenvalue weighted by molar-refractivity contribution is -0.132. The van der Waals surface area contributed by atoms with E-state index >= 15 is 0 Å². The first-order valence-electron chi connectivity index (χ1n) is 11.0. The highest BCUT2D eigenvalue weighted by Gasteiger charge is 2.47. The first-order valence-corrected chi connectivity index (χ1v) is 11.4. The summed E-state index contributed by atoms with van der Waals surface area (Å²) in [5.41, 5.74) is 2.05. The van der Waals surface area contributed by atoms with Gasteiger partial charge in [-0.3, -0.25) is 14.5 Å². The molecule has 35 heavy (non-hydrogen) atoms. The summed E-state index contributed by atoms with van der Waals surface area (Å²) >= 11 is 5.98. The van der Waals surface area contributed by atoms with Crippen LogP contribution in [0.5, 0.6) is 11.5 Å². The first-order chi connectivity index (χ1) is 16.9. The molecular formula is C27H21ClFNO5. The van der Waals surface area contributed by atoms with E-state index in [9.17, 15) is 19.1 Å². The number of benzene rings is 3. The van der Waals surface area contributed by atoms with Crippen molar-refractivity contribution in [3.63, 3.8) is 0 Å². The topological polar surface area (TPSA) is 76.1 Å². The summed E-state index contributed by atoms with van der Waals surface area (Å²) in [6, 6.07) is 14.8. The lowest BCUT2D eigenvalue weighted by Crippen LogP contribution is -2.29. The number of ether oxygens (including phenoxy) is 2. The highest BCUT2D eigenvalue weighted by atomic mass is 35.5. The van der Waals surface area contributed by atoms with Crippen molar-refractivity contribution in [1.29, 1.82) is 0 Å². The van der Waals surface area contributed by atoms with Crippen molar-refractivity contribution in [2.75, 3.05) is 18.6 Å². The fraction of sp³-hybridized carbons (Fsp3) is 0.185. The standard InChI is InChI=1S/C27H21ClFNO5/c1-34-19-8-4-15(5-9-19)24-23(25(31)17-6-11-22-16(13-17)3-2-12-35-22)26(32)27(33)30(24)18-7-10-21(29)20(28)14-18/h4-11,13-14,24,31H,2-3,12H2,1H3/b25-23-. The summed E-state index contributed by atoms with van der Waals surface area (Å²) in [6.45, 7) is 0.626. The van der Waals surface area contributed by atoms with Crippen LogP contribution in [-0.4, -0.2) is 30.5 Å². The number of carbonyl (C=O) groups excluding carboxylic acids is 2. The fourth-order valence-electron chi connectivity index (χ4n) is 4.50. The van der Waals surface area contributed by atoms with Gasteiger partial charge in [-0.15, -0.1) is 0 Å². The zero-order valence-corrected chi connectivity index (χ0v) is 19.5. The number of ketones is 1. The Hall–Kier alpha value is -3.84. The van der Waals surface area contributed by atoms with Crippen molar-refractivity contribution < 1.29 is 28.6 Å². The van der Waals surface area contributed by atoms with Crippen molar-refractivity contribution in [2.45, 2.75) is 18.9 Å². The summed E-state index contributed by atoms with van der Waals surface area (Å²) in [7, 11) is 1.53. The quantitative estimate of drug-likeness (QED) is 0.297. The zero-order valence-electron chi connectivity index (χ0n) is 18.8. The van der Waals surface area contributed by atoms with Crippen LogP contribution < -0.4 is 14.4 Å². The third-order valence-electron chi connectivity index (χ3n) is 6.24. The number of carbonyl (C=O) groups is 2. The Labute approximate surface area is 206 Å². The molecule has 1 fully saturated rings. The predicted octanol–water partition coefficient (Wildman–Crippen LogP) is 5.44. The second kappa shape index (κ2) is 9.07. The molecule has 6 nitrogen and oxygen atoms in total. The Balaban J connectivity index is 1.69. The van der Waals surface area contributed by atoms with Gasteiger partial charge in [0.05, 0.1) is 30.4 Å². The van der Waals surface area contributed by atoms with Crippen LogP contribution in [-0.2, 0) is 16.0 Å². The number of amides is 1. The molecule has 3 aromatic carbocycles. The SMILES string of the molecule is COc1ccc(C2/C(=C(/O)c3ccc4c(c3)CCCO4)C(=O)C(=O)N2c2ccc(F)c(Cl)c2)cc1. The van der Waals surface area contributed by atoms with Crippen LogP contribution in [0.2, 0.25) is 5.02 Å². The van der Waals surface area contributed by atoms with Crippen LogP contribution in [0.15, 0.2) is 66.2 Å². The molecule has 1 unspecified atom stereocenters. The summed E-state index contributed by atoms with van der Waals surface area (Å²) in [6.07, 6.45) is 1.62. The lowest BCUT2D eigenvalue weighted by atomic mass is 9.94. The summed E-state index contributed by atoms with van der Waals surface area (Å²) in [5, 5.41) is 11.1. The van der Waals surface area contributed by atoms with Gasteiger partial charge in [0.1, 0.15) is 23.1 Å². The van der Waals surface area contributed by atoms with E-state index in [1.165, 1.54) is 24.1 Å². The molecule has 0 aliphatic carbocycles. The van der Waals surface area contributed by atoms with Crippen molar-refractivity contribution in [2.24, 2.45) is 0 Å². The number of aliphatic hydroxyl groups is 1. The second-order valence-electron chi connectivity index (χ2n) is 8.32. The number of hydrogen-bond donors (Lipinski definition) is 1. The van der Waals surface area contributed by atoms with Crippen LogP contribution in [0.25, 0.3) is 5.76 Å². The molecule has 0 bridgehead atoms. The van der Waals surface area contributed by atoms with Gasteiger partial charge in [0, 0.05) is 11.3 Å². The molecule has 2 heterocycles. The number of fused-ring (bicyclic) bond motifs is 1. The van der Waals surface area contributed by atoms with Crippen molar-refractivity contribution >= 4 is 34.7 Å². The zero-order chi connectivity index (χ0) is 24.7. The van der Waals surface area contributed by atoms with E-state index in [0.717, 1.165) is 30.2 Å². The third kappa shape index (κ3) is 4.02. The van der Waals surface area contributed by atoms with E-state index < -0.39 is 23.5 Å². The lowest BCUT2D eigenvalue weighted by Gasteiger charge is -2.26. The maximum atomic E-state index is 13.9. The normalized spacial score (nSPS) is 18.8. The van der Waals surface area contributed by atoms with Gasteiger partial charge in [-0.05, 0) is 72.5 Å². The van der Waals surface area contributed by atoms with Gasteiger partial charge < -0.3 is 14.6 Å². The fourth-order valence-corrected chi connectivity index (χ4v) is 4.67. The number of Topliss-reactive ketones (excluding diaryl/α,β-unsaturated/α-hetero) is 1. The highest BCUT2D eigenvalue weighted by Crippen LogP contribution is 2.43. The molecule has 1 N–H and O–H groups in total. The number of methoxy groups -OCH3 is 1. The minimum absolute atomic E-state index is 0.0720. The Morgan fingerprint density at radius 3 is 2.60 bits per heavy atom. The molecule has 0 saturated carbocycles. The number of aliphatic hydroxyl groups excluding tert-OH is 1. The van der Waals surface area contributed by atoms with E-state index in [2.05, 4.69) is 0 Å². The average Bonchev–Trinajstić information content (AvgIpc) is 3.15. The van der Waals surface area contributed by atoms with Crippen molar-refractivity contribution in [1.82, 2.24) is 0 Å². The van der Waals surface area contributed by atoms with Crippen LogP contribution in [0.3, 0.4) is 0 Å². The van der Waals surface area contributed by atoms with E-state index in [0.29, 0.717) is 23.5 Å². The van der Waals surface area contributed by atoms with Crippen LogP contribution >= 0.6 is 11.6 Å². The van der Waals surface area contributed by atoms with E-state index in [1.54, 1.807) is 42.5 Å². The number of rotatable bonds is 4. The summed E-state index contributed by atoms with van der Waals surface area (Å²) in [5.74, 6) is -1.32. The number of anilines is 1. The van der Waals surface area contributed by atoms with Crippen LogP contribution in [0.1, 0.15) is 29.2 Å². The van der Waals surface area contributed by atoms with Gasteiger partial charge in [-0.25, -0.2) is 4.39 Å². The van der Waals surface area contributed by atoms with Gasteiger partial charge in [-0.1, -0.05) is 23.7 Å². The van der Waals surface area contributed by atoms with Crippen molar-refractivity contribution in [3.05, 3.63) is 93.8 Å². The molecule has 1 amide bonds. The molecule has 1 atom stereocenters. The molecule has 1 saturated heterocycles. The summed E-state index contributed by atoms with van der Waals surface area (Å²) < 4.78 is 24.7. The van der Waals surface area contributed by atoms with E-state index in [4.69, 9.17) is 21.1 Å². The van der Waals surface area contributed by atoms with Gasteiger partial charge in [0.2, 0.25) is 0 Å². The number of nitrogens with zero attached hydrogens (tertiary/aromatic N) is 1. The maximum absolute atomic E-state index is 13.9. The molecule has 2 aliphatic rings. The molecule has 0 aromatic heterocycles. The van der Waals surface area contributed by atoms with Crippen LogP contribution in [0.4, 0.5) is 10.1 Å². The Kier molecular flexibility index (Phi) is 5.94. The molecule has 0 radical (unpaired) electrons. The largest absolute Gasteiger partial charge is 0.507 e. The molecule has 178 valence electrons. The van der Waals surface area contributed by atoms with Crippen LogP contribution in [0, 0.1) is 5.82 Å². The number of aryl methyl sites for hydroxylation is 1. The predicted molar refractivity (Wildman–Crippen MR) is 129 cm³/mol. The Morgan fingerprint density at radius 1 is 1.11 bits per heavy atom. The monoisotopic (exact) mass is 493 g/mol. The van der Waals surface area contributed by atoms with Crippen molar-refractivity contribution in [3.8, 4) is 11.5 Å². The summed E-state index contributed by atoms with van der Waals surface area (Å²) in [4.78, 5) is 27.7. The molecule has 5 rings (SSSR count). The molecule has 0 spiro atoms. The molecule has 2 aliphatic heterocycles. The molecular weight excluding hydrogens is 473 g/mol. The minimum Gasteiger partial charge on any atom is -0.507 e. The Bertz CT molecular complexity index is 1370. The highest BCUT2D eigenvalue weighted by molar-refractivity contribution is 6.51. The van der Waals surface area contributed by atoms with Gasteiger partial charge in [-0.2, -0.15) is 0 Å². The van der Waals surface area contributed by atoms with Gasteiger partial charge >= 0.3 is 0 Å². The number of halogens is 2. The first kappa shape index (κ1) is 22.9. The number of hydrogen-bond acceptors (Lipinski definition) is 5. The smallest absolute Gasteiger partial charge is 0.300 e. The maximum Gasteiger partial charge on any atom is 0.300 e. The average molecular weight is 494 g/mol. The molecule has 3 aromatic rings. The van der Waals surface area contributed by atoms with E-state index in [-0.39, 0.29) is 22.0 Å². The third-order valence-corrected chi connectivity index (χ3v) is 6.53. The second-order valence-corrected chi connectivity index (χ2v) is 8.72. The van der Waals surface area contributed by atoms with Gasteiger partial charge in [0.15, 0.2) is 0 Å².